The fraction of sp³-hybridized carbons (Fsp3) is 0.727. The molecular formula is C11H19N5OS. The monoisotopic (exact) mass is 269 g/mol. The number of nitrogens with one attached hydrogen (secondary N) is 2. The Morgan fingerprint density at radius 1 is 1.61 bits per heavy atom. The summed E-state index contributed by atoms with van der Waals surface area (Å²) in [5, 5.41) is 11.4. The smallest absolute Gasteiger partial charge is 0.237 e. The normalized spacial score (nSPS) is 20.8. The summed E-state index contributed by atoms with van der Waals surface area (Å²) < 4.78 is 3.99. The quantitative estimate of drug-likeness (QED) is 0.822. The maximum atomic E-state index is 11.6. The van der Waals surface area contributed by atoms with Gasteiger partial charge >= 0.3 is 0 Å². The number of rotatable bonds is 5. The van der Waals surface area contributed by atoms with Gasteiger partial charge in [0.25, 0.3) is 0 Å². The first kappa shape index (κ1) is 13.2. The maximum Gasteiger partial charge on any atom is 0.237 e. The average Bonchev–Trinajstić information content (AvgIpc) is 2.80. The third kappa shape index (κ3) is 2.97. The highest BCUT2D eigenvalue weighted by Crippen LogP contribution is 2.20. The van der Waals surface area contributed by atoms with E-state index in [2.05, 4.69) is 32.0 Å². The van der Waals surface area contributed by atoms with Crippen molar-refractivity contribution in [2.75, 3.05) is 25.0 Å². The van der Waals surface area contributed by atoms with Crippen molar-refractivity contribution in [2.45, 2.75) is 32.9 Å². The van der Waals surface area contributed by atoms with Gasteiger partial charge in [-0.3, -0.25) is 9.69 Å². The van der Waals surface area contributed by atoms with Crippen LogP contribution in [0.4, 0.5) is 5.00 Å². The molecule has 1 saturated heterocycles. The van der Waals surface area contributed by atoms with Crippen LogP contribution in [0.25, 0.3) is 0 Å². The van der Waals surface area contributed by atoms with E-state index in [1.165, 1.54) is 11.5 Å². The van der Waals surface area contributed by atoms with Gasteiger partial charge in [0, 0.05) is 37.7 Å². The molecule has 1 aromatic rings. The molecule has 100 valence electrons. The first-order valence-electron chi connectivity index (χ1n) is 6.29. The Hall–Kier alpha value is -1.21. The molecule has 0 saturated carbocycles. The summed E-state index contributed by atoms with van der Waals surface area (Å²) >= 11 is 1.38. The molecule has 0 bridgehead atoms. The fourth-order valence-electron chi connectivity index (χ4n) is 1.92. The zero-order valence-corrected chi connectivity index (χ0v) is 11.6. The van der Waals surface area contributed by atoms with Crippen molar-refractivity contribution in [3.63, 3.8) is 0 Å². The molecule has 2 rings (SSSR count). The van der Waals surface area contributed by atoms with Crippen molar-refractivity contribution in [3.8, 4) is 0 Å². The number of hydrogen-bond acceptors (Lipinski definition) is 6. The molecule has 1 aromatic heterocycles. The van der Waals surface area contributed by atoms with Crippen molar-refractivity contribution in [1.82, 2.24) is 19.8 Å². The van der Waals surface area contributed by atoms with Gasteiger partial charge < -0.3 is 10.6 Å². The molecule has 7 heteroatoms. The van der Waals surface area contributed by atoms with Gasteiger partial charge in [-0.15, -0.1) is 5.10 Å². The van der Waals surface area contributed by atoms with Crippen LogP contribution in [-0.2, 0) is 11.3 Å². The van der Waals surface area contributed by atoms with Gasteiger partial charge in [-0.05, 0) is 13.3 Å². The SMILES string of the molecule is CCCNc1snnc1CN1CCNC(=O)C1C. The largest absolute Gasteiger partial charge is 0.374 e. The lowest BCUT2D eigenvalue weighted by atomic mass is 10.2. The molecule has 1 amide bonds. The first-order chi connectivity index (χ1) is 8.72. The number of nitrogens with zero attached hydrogens (tertiary/aromatic N) is 3. The first-order valence-corrected chi connectivity index (χ1v) is 7.06. The van der Waals surface area contributed by atoms with Crippen molar-refractivity contribution in [3.05, 3.63) is 5.69 Å². The molecule has 0 spiro atoms. The Bertz CT molecular complexity index is 408. The van der Waals surface area contributed by atoms with Crippen LogP contribution >= 0.6 is 11.5 Å². The molecule has 2 N–H and O–H groups in total. The average molecular weight is 269 g/mol. The molecule has 0 aromatic carbocycles. The van der Waals surface area contributed by atoms with E-state index in [1.54, 1.807) is 0 Å². The van der Waals surface area contributed by atoms with E-state index in [9.17, 15) is 4.79 Å². The highest BCUT2D eigenvalue weighted by molar-refractivity contribution is 7.10. The molecule has 6 nitrogen and oxygen atoms in total. The summed E-state index contributed by atoms with van der Waals surface area (Å²) in [7, 11) is 0. The van der Waals surface area contributed by atoms with E-state index in [0.717, 1.165) is 30.2 Å². The lowest BCUT2D eigenvalue weighted by molar-refractivity contribution is -0.128. The summed E-state index contributed by atoms with van der Waals surface area (Å²) in [6, 6.07) is -0.0977. The van der Waals surface area contributed by atoms with Gasteiger partial charge in [-0.2, -0.15) is 0 Å². The van der Waals surface area contributed by atoms with Gasteiger partial charge in [-0.25, -0.2) is 0 Å². The van der Waals surface area contributed by atoms with E-state index >= 15 is 0 Å². The molecule has 1 aliphatic heterocycles. The Morgan fingerprint density at radius 2 is 2.44 bits per heavy atom. The molecule has 1 aliphatic rings. The highest BCUT2D eigenvalue weighted by atomic mass is 32.1. The number of amides is 1. The number of carbonyl (C=O) groups excluding carboxylic acids is 1. The number of aromatic nitrogens is 2. The van der Waals surface area contributed by atoms with Crippen LogP contribution in [-0.4, -0.2) is 46.1 Å². The van der Waals surface area contributed by atoms with Crippen LogP contribution in [0.2, 0.25) is 0 Å². The van der Waals surface area contributed by atoms with Gasteiger partial charge in [0.05, 0.1) is 6.04 Å². The van der Waals surface area contributed by atoms with Crippen LogP contribution < -0.4 is 10.6 Å². The second kappa shape index (κ2) is 6.10. The summed E-state index contributed by atoms with van der Waals surface area (Å²) in [6.45, 7) is 7.21. The third-order valence-electron chi connectivity index (χ3n) is 3.07. The number of carbonyl (C=O) groups is 1. The standard InChI is InChI=1S/C11H19N5OS/c1-3-4-13-11-9(14-15-18-11)7-16-6-5-12-10(17)8(16)2/h8,13H,3-7H2,1-2H3,(H,12,17). The minimum absolute atomic E-state index is 0.0903. The Balaban J connectivity index is 2.00. The number of hydrogen-bond donors (Lipinski definition) is 2. The van der Waals surface area contributed by atoms with E-state index < -0.39 is 0 Å². The zero-order chi connectivity index (χ0) is 13.0. The summed E-state index contributed by atoms with van der Waals surface area (Å²) in [5.41, 5.74) is 0.940. The van der Waals surface area contributed by atoms with Gasteiger partial charge in [-0.1, -0.05) is 11.4 Å². The second-order valence-corrected chi connectivity index (χ2v) is 5.17. The zero-order valence-electron chi connectivity index (χ0n) is 10.8. The minimum Gasteiger partial charge on any atom is -0.374 e. The lowest BCUT2D eigenvalue weighted by Crippen LogP contribution is -2.53. The van der Waals surface area contributed by atoms with Crippen molar-refractivity contribution >= 4 is 22.4 Å². The van der Waals surface area contributed by atoms with Crippen molar-refractivity contribution in [1.29, 1.82) is 0 Å². The van der Waals surface area contributed by atoms with E-state index in [1.807, 2.05) is 6.92 Å². The van der Waals surface area contributed by atoms with Crippen LogP contribution in [0.5, 0.6) is 0 Å². The number of piperazine rings is 1. The molecule has 1 atom stereocenters. The lowest BCUT2D eigenvalue weighted by Gasteiger charge is -2.32. The molecule has 0 aliphatic carbocycles. The van der Waals surface area contributed by atoms with E-state index in [-0.39, 0.29) is 11.9 Å². The summed E-state index contributed by atoms with van der Waals surface area (Å²) in [5.74, 6) is 0.0903. The maximum absolute atomic E-state index is 11.6. The topological polar surface area (TPSA) is 70.2 Å². The van der Waals surface area contributed by atoms with Gasteiger partial charge in [0.1, 0.15) is 10.7 Å². The molecule has 18 heavy (non-hydrogen) atoms. The third-order valence-corrected chi connectivity index (χ3v) is 3.80. The number of anilines is 1. The van der Waals surface area contributed by atoms with E-state index in [0.29, 0.717) is 13.1 Å². The summed E-state index contributed by atoms with van der Waals surface area (Å²) in [6.07, 6.45) is 1.07. The molecule has 1 unspecified atom stereocenters. The Kier molecular flexibility index (Phi) is 4.48. The Labute approximate surface area is 111 Å². The highest BCUT2D eigenvalue weighted by Gasteiger charge is 2.26. The van der Waals surface area contributed by atoms with Crippen LogP contribution in [0, 0.1) is 0 Å². The second-order valence-electron chi connectivity index (χ2n) is 4.41. The molecular weight excluding hydrogens is 250 g/mol. The molecule has 2 heterocycles. The van der Waals surface area contributed by atoms with Gasteiger partial charge in [0.15, 0.2) is 0 Å². The molecule has 0 radical (unpaired) electrons. The molecule has 1 fully saturated rings. The predicted molar refractivity (Wildman–Crippen MR) is 71.6 cm³/mol. The fourth-order valence-corrected chi connectivity index (χ4v) is 2.52. The van der Waals surface area contributed by atoms with E-state index in [4.69, 9.17) is 0 Å². The Morgan fingerprint density at radius 3 is 3.22 bits per heavy atom. The summed E-state index contributed by atoms with van der Waals surface area (Å²) in [4.78, 5) is 13.7. The van der Waals surface area contributed by atoms with Gasteiger partial charge in [0.2, 0.25) is 5.91 Å². The minimum atomic E-state index is -0.0977. The van der Waals surface area contributed by atoms with Crippen LogP contribution in [0.15, 0.2) is 0 Å². The van der Waals surface area contributed by atoms with Crippen LogP contribution in [0.1, 0.15) is 26.0 Å². The van der Waals surface area contributed by atoms with Crippen molar-refractivity contribution in [2.24, 2.45) is 0 Å². The van der Waals surface area contributed by atoms with Crippen LogP contribution in [0.3, 0.4) is 0 Å². The van der Waals surface area contributed by atoms with Crippen molar-refractivity contribution < 1.29 is 4.79 Å². The predicted octanol–water partition coefficient (Wildman–Crippen LogP) is 0.680.